The first-order valence-electron chi connectivity index (χ1n) is 4.77. The Hall–Kier alpha value is 0.230. The Labute approximate surface area is 114 Å². The van der Waals surface area contributed by atoms with Crippen molar-refractivity contribution in [3.8, 4) is 0 Å². The highest BCUT2D eigenvalue weighted by atomic mass is 79.9. The molecule has 9 heteroatoms. The maximum absolute atomic E-state index is 11.3. The molecular weight excluding hydrogens is 366 g/mol. The van der Waals surface area contributed by atoms with E-state index < -0.39 is 46.9 Å². The second-order valence-electron chi connectivity index (χ2n) is 3.56. The summed E-state index contributed by atoms with van der Waals surface area (Å²) in [6, 6.07) is -1.17. The number of hydrogen-bond acceptors (Lipinski definition) is 6. The maximum atomic E-state index is 11.3. The molecule has 5 N–H and O–H groups in total. The van der Waals surface area contributed by atoms with E-state index in [1.165, 1.54) is 0 Å². The molecule has 5 atom stereocenters. The molecule has 17 heavy (non-hydrogen) atoms. The first kappa shape index (κ1) is 15.3. The van der Waals surface area contributed by atoms with E-state index in [-0.39, 0.29) is 0 Å². The van der Waals surface area contributed by atoms with E-state index in [1.807, 2.05) is 0 Å². The van der Waals surface area contributed by atoms with Crippen LogP contribution in [-0.4, -0.2) is 67.3 Å². The van der Waals surface area contributed by atoms with Crippen molar-refractivity contribution in [3.05, 3.63) is 0 Å². The zero-order valence-corrected chi connectivity index (χ0v) is 11.7. The van der Waals surface area contributed by atoms with Crippen molar-refractivity contribution in [2.45, 2.75) is 34.4 Å². The summed E-state index contributed by atoms with van der Waals surface area (Å²) in [7, 11) is 0. The van der Waals surface area contributed by atoms with Gasteiger partial charge in [0.25, 0.3) is 0 Å². The molecule has 1 unspecified atom stereocenters. The Morgan fingerprint density at radius 2 is 1.88 bits per heavy atom. The fourth-order valence-electron chi connectivity index (χ4n) is 1.48. The number of ether oxygens (including phenoxy) is 1. The molecule has 1 fully saturated rings. The van der Waals surface area contributed by atoms with Gasteiger partial charge in [0.05, 0.1) is 6.61 Å². The summed E-state index contributed by atoms with van der Waals surface area (Å²) < 4.78 is 4.17. The molecule has 0 aliphatic carbocycles. The molecule has 1 rings (SSSR count). The number of carbonyl (C=O) groups is 1. The van der Waals surface area contributed by atoms with Gasteiger partial charge < -0.3 is 30.5 Å². The Kier molecular flexibility index (Phi) is 5.77. The standard InChI is InChI=1S/C8H13Br2NO6/c9-6(10)7(15)11-3-5(14)4(13)2(1-12)17-8(3)16/h2-6,8,12-14,16H,1H2,(H,11,15)/t2-,3+,4-,5-,8?/m1/s1. The molecule has 0 spiro atoms. The Morgan fingerprint density at radius 1 is 1.29 bits per heavy atom. The van der Waals surface area contributed by atoms with Crippen LogP contribution >= 0.6 is 31.9 Å². The molecule has 100 valence electrons. The molecule has 1 aliphatic heterocycles. The molecule has 0 aromatic heterocycles. The van der Waals surface area contributed by atoms with E-state index in [2.05, 4.69) is 37.2 Å². The van der Waals surface area contributed by atoms with Crippen LogP contribution in [0.2, 0.25) is 0 Å². The summed E-state index contributed by atoms with van der Waals surface area (Å²) in [6.07, 6.45) is -5.42. The van der Waals surface area contributed by atoms with Crippen molar-refractivity contribution in [1.29, 1.82) is 0 Å². The number of carbonyl (C=O) groups excluding carboxylic acids is 1. The quantitative estimate of drug-likeness (QED) is 0.363. The van der Waals surface area contributed by atoms with Gasteiger partial charge in [0.15, 0.2) is 6.29 Å². The fourth-order valence-corrected chi connectivity index (χ4v) is 1.74. The lowest BCUT2D eigenvalue weighted by Crippen LogP contribution is -2.64. The molecule has 0 aromatic rings. The highest BCUT2D eigenvalue weighted by Gasteiger charge is 2.44. The molecule has 1 saturated heterocycles. The number of alkyl halides is 2. The predicted molar refractivity (Wildman–Crippen MR) is 63.6 cm³/mol. The van der Waals surface area contributed by atoms with Crippen LogP contribution in [0.15, 0.2) is 0 Å². The first-order chi connectivity index (χ1) is 7.88. The van der Waals surface area contributed by atoms with Gasteiger partial charge in [-0.25, -0.2) is 0 Å². The number of halogens is 2. The molecule has 0 radical (unpaired) electrons. The van der Waals surface area contributed by atoms with Crippen molar-refractivity contribution >= 4 is 37.8 Å². The number of hydrogen-bond donors (Lipinski definition) is 5. The number of amides is 1. The van der Waals surface area contributed by atoms with E-state index >= 15 is 0 Å². The Bertz CT molecular complexity index is 279. The van der Waals surface area contributed by atoms with Crippen LogP contribution in [0.25, 0.3) is 0 Å². The van der Waals surface area contributed by atoms with E-state index in [4.69, 9.17) is 9.84 Å². The van der Waals surface area contributed by atoms with Gasteiger partial charge in [-0.2, -0.15) is 0 Å². The average Bonchev–Trinajstić information content (AvgIpc) is 2.28. The van der Waals surface area contributed by atoms with Gasteiger partial charge in [-0.3, -0.25) is 4.79 Å². The van der Waals surface area contributed by atoms with Crippen molar-refractivity contribution < 1.29 is 30.0 Å². The van der Waals surface area contributed by atoms with E-state index in [0.29, 0.717) is 0 Å². The van der Waals surface area contributed by atoms with Crippen LogP contribution in [0.4, 0.5) is 0 Å². The second kappa shape index (κ2) is 6.41. The summed E-state index contributed by atoms with van der Waals surface area (Å²) in [5.74, 6) is -0.536. The van der Waals surface area contributed by atoms with Crippen LogP contribution in [0.3, 0.4) is 0 Å². The highest BCUT2D eigenvalue weighted by Crippen LogP contribution is 2.20. The van der Waals surface area contributed by atoms with Crippen LogP contribution in [0, 0.1) is 0 Å². The van der Waals surface area contributed by atoms with Crippen LogP contribution in [0.5, 0.6) is 0 Å². The van der Waals surface area contributed by atoms with Crippen LogP contribution in [-0.2, 0) is 9.53 Å². The van der Waals surface area contributed by atoms with Gasteiger partial charge >= 0.3 is 0 Å². The zero-order chi connectivity index (χ0) is 13.2. The molecule has 1 aliphatic rings. The molecule has 0 aromatic carbocycles. The van der Waals surface area contributed by atoms with E-state index in [0.717, 1.165) is 0 Å². The van der Waals surface area contributed by atoms with Crippen molar-refractivity contribution in [2.24, 2.45) is 0 Å². The lowest BCUT2D eigenvalue weighted by molar-refractivity contribution is -0.253. The van der Waals surface area contributed by atoms with Crippen molar-refractivity contribution in [3.63, 3.8) is 0 Å². The average molecular weight is 379 g/mol. The van der Waals surface area contributed by atoms with E-state index in [1.54, 1.807) is 0 Å². The largest absolute Gasteiger partial charge is 0.394 e. The smallest absolute Gasteiger partial charge is 0.245 e. The van der Waals surface area contributed by atoms with Gasteiger partial charge in [0.2, 0.25) is 5.91 Å². The molecule has 1 amide bonds. The minimum atomic E-state index is -1.51. The van der Waals surface area contributed by atoms with Gasteiger partial charge in [0, 0.05) is 0 Å². The number of aliphatic hydroxyl groups is 4. The van der Waals surface area contributed by atoms with Gasteiger partial charge in [-0.15, -0.1) is 0 Å². The topological polar surface area (TPSA) is 119 Å². The third-order valence-corrected chi connectivity index (χ3v) is 3.24. The Balaban J connectivity index is 2.69. The van der Waals surface area contributed by atoms with Crippen molar-refractivity contribution in [1.82, 2.24) is 5.32 Å². The van der Waals surface area contributed by atoms with Gasteiger partial charge in [-0.1, -0.05) is 31.9 Å². The van der Waals surface area contributed by atoms with Crippen LogP contribution < -0.4 is 5.32 Å². The van der Waals surface area contributed by atoms with Crippen molar-refractivity contribution in [2.75, 3.05) is 6.61 Å². The minimum Gasteiger partial charge on any atom is -0.394 e. The Morgan fingerprint density at radius 3 is 2.35 bits per heavy atom. The lowest BCUT2D eigenvalue weighted by atomic mass is 9.97. The molecular formula is C8H13Br2NO6. The number of aliphatic hydroxyl groups excluding tert-OH is 4. The zero-order valence-electron chi connectivity index (χ0n) is 8.53. The van der Waals surface area contributed by atoms with Gasteiger partial charge in [0.1, 0.15) is 28.1 Å². The minimum absolute atomic E-state index is 0.536. The normalized spacial score (nSPS) is 38.2. The van der Waals surface area contributed by atoms with Crippen LogP contribution in [0.1, 0.15) is 0 Å². The highest BCUT2D eigenvalue weighted by molar-refractivity contribution is 9.25. The first-order valence-corrected chi connectivity index (χ1v) is 6.60. The summed E-state index contributed by atoms with van der Waals surface area (Å²) in [4.78, 5) is 11.3. The summed E-state index contributed by atoms with van der Waals surface area (Å²) in [6.45, 7) is -0.546. The molecule has 0 bridgehead atoms. The SMILES string of the molecule is O=C(N[C@@H]1C(O)O[C@H](CO)[C@@H](O)[C@@H]1O)C(Br)Br. The molecule has 1 heterocycles. The van der Waals surface area contributed by atoms with Gasteiger partial charge in [-0.05, 0) is 0 Å². The fraction of sp³-hybridized carbons (Fsp3) is 0.875. The monoisotopic (exact) mass is 377 g/mol. The summed E-state index contributed by atoms with van der Waals surface area (Å²) in [5.41, 5.74) is 0. The number of nitrogens with one attached hydrogen (secondary N) is 1. The molecule has 7 nitrogen and oxygen atoms in total. The second-order valence-corrected chi connectivity index (χ2v) is 6.62. The van der Waals surface area contributed by atoms with E-state index in [9.17, 15) is 20.1 Å². The third-order valence-electron chi connectivity index (χ3n) is 2.41. The summed E-state index contributed by atoms with van der Waals surface area (Å²) in [5, 5.41) is 39.9. The summed E-state index contributed by atoms with van der Waals surface area (Å²) >= 11 is 5.89. The predicted octanol–water partition coefficient (Wildman–Crippen LogP) is -1.98. The molecule has 0 saturated carbocycles. The number of rotatable bonds is 3. The maximum Gasteiger partial charge on any atom is 0.245 e. The lowest BCUT2D eigenvalue weighted by Gasteiger charge is -2.40. The third kappa shape index (κ3) is 3.60.